The van der Waals surface area contributed by atoms with Crippen molar-refractivity contribution in [2.24, 2.45) is 0 Å². The number of nitrogens with one attached hydrogen (secondary N) is 3. The van der Waals surface area contributed by atoms with E-state index >= 15 is 0 Å². The topological polar surface area (TPSA) is 117 Å². The van der Waals surface area contributed by atoms with Crippen LogP contribution in [0.3, 0.4) is 0 Å². The fourth-order valence-corrected chi connectivity index (χ4v) is 6.14. The van der Waals surface area contributed by atoms with Crippen LogP contribution in [-0.4, -0.2) is 58.6 Å². The molecule has 2 atom stereocenters. The molecule has 1 fully saturated rings. The van der Waals surface area contributed by atoms with E-state index in [2.05, 4.69) is 44.1 Å². The molecule has 1 aromatic carbocycles. The third kappa shape index (κ3) is 5.79. The van der Waals surface area contributed by atoms with Crippen LogP contribution in [0.4, 0.5) is 17.5 Å². The lowest BCUT2D eigenvalue weighted by atomic mass is 10.1. The monoisotopic (exact) mass is 534 g/mol. The number of anilines is 3. The molecule has 38 heavy (non-hydrogen) atoms. The molecule has 5 rings (SSSR count). The van der Waals surface area contributed by atoms with Crippen LogP contribution >= 0.6 is 0 Å². The molecule has 0 spiro atoms. The Bertz CT molecular complexity index is 1520. The molecule has 0 aliphatic carbocycles. The molecule has 0 radical (unpaired) electrons. The molecule has 1 aliphatic heterocycles. The van der Waals surface area contributed by atoms with Gasteiger partial charge in [-0.2, -0.15) is 4.98 Å². The summed E-state index contributed by atoms with van der Waals surface area (Å²) in [5.41, 5.74) is 1.74. The minimum atomic E-state index is -3.61. The predicted molar refractivity (Wildman–Crippen MR) is 151 cm³/mol. The van der Waals surface area contributed by atoms with Gasteiger partial charge in [0.2, 0.25) is 16.0 Å². The average Bonchev–Trinajstić information content (AvgIpc) is 3.26. The van der Waals surface area contributed by atoms with Gasteiger partial charge in [-0.1, -0.05) is 0 Å². The summed E-state index contributed by atoms with van der Waals surface area (Å²) in [6.45, 7) is 11.6. The number of aromatic nitrogens is 4. The van der Waals surface area contributed by atoms with Crippen LogP contribution < -0.4 is 20.3 Å². The lowest BCUT2D eigenvalue weighted by Gasteiger charge is -2.36. The van der Waals surface area contributed by atoms with E-state index in [0.717, 1.165) is 35.7 Å². The van der Waals surface area contributed by atoms with Gasteiger partial charge in [0, 0.05) is 54.2 Å². The quantitative estimate of drug-likeness (QED) is 0.342. The van der Waals surface area contributed by atoms with Gasteiger partial charge in [0.05, 0.1) is 16.8 Å². The summed E-state index contributed by atoms with van der Waals surface area (Å²) >= 11 is 0. The van der Waals surface area contributed by atoms with Crippen molar-refractivity contribution in [3.63, 3.8) is 0 Å². The lowest BCUT2D eigenvalue weighted by Crippen LogP contribution is -2.54. The first-order valence-corrected chi connectivity index (χ1v) is 14.2. The van der Waals surface area contributed by atoms with Gasteiger partial charge >= 0.3 is 0 Å². The molecule has 11 heteroatoms. The smallest absolute Gasteiger partial charge is 0.241 e. The minimum Gasteiger partial charge on any atom is -0.354 e. The van der Waals surface area contributed by atoms with Gasteiger partial charge in [-0.15, -0.1) is 0 Å². The molecule has 0 saturated carbocycles. The summed E-state index contributed by atoms with van der Waals surface area (Å²) in [5, 5.41) is 7.66. The number of benzene rings is 1. The Balaban J connectivity index is 1.34. The van der Waals surface area contributed by atoms with E-state index < -0.39 is 15.6 Å². The highest BCUT2D eigenvalue weighted by molar-refractivity contribution is 7.89. The molecule has 1 saturated heterocycles. The summed E-state index contributed by atoms with van der Waals surface area (Å²) in [5.74, 6) is 1.40. The normalized spacial score (nSPS) is 18.6. The Kier molecular flexibility index (Phi) is 6.84. The van der Waals surface area contributed by atoms with Crippen molar-refractivity contribution in [3.8, 4) is 5.69 Å². The first kappa shape index (κ1) is 26.1. The highest BCUT2D eigenvalue weighted by atomic mass is 32.2. The molecule has 4 heterocycles. The largest absolute Gasteiger partial charge is 0.354 e. The Morgan fingerprint density at radius 1 is 0.947 bits per heavy atom. The second-order valence-electron chi connectivity index (χ2n) is 10.9. The van der Waals surface area contributed by atoms with Crippen molar-refractivity contribution < 1.29 is 8.42 Å². The Morgan fingerprint density at radius 3 is 2.29 bits per heavy atom. The predicted octanol–water partition coefficient (Wildman–Crippen LogP) is 3.82. The van der Waals surface area contributed by atoms with E-state index in [1.165, 1.54) is 0 Å². The van der Waals surface area contributed by atoms with Crippen molar-refractivity contribution >= 4 is 38.5 Å². The van der Waals surface area contributed by atoms with Crippen LogP contribution in [0.25, 0.3) is 16.7 Å². The molecule has 200 valence electrons. The van der Waals surface area contributed by atoms with E-state index in [9.17, 15) is 8.42 Å². The van der Waals surface area contributed by atoms with Crippen LogP contribution in [0.1, 0.15) is 34.6 Å². The Labute approximate surface area is 223 Å². The highest BCUT2D eigenvalue weighted by Gasteiger charge is 2.23. The molecule has 10 nitrogen and oxygen atoms in total. The summed E-state index contributed by atoms with van der Waals surface area (Å²) in [7, 11) is -3.61. The maximum Gasteiger partial charge on any atom is 0.241 e. The second-order valence-corrected chi connectivity index (χ2v) is 12.6. The summed E-state index contributed by atoms with van der Waals surface area (Å²) < 4.78 is 29.9. The van der Waals surface area contributed by atoms with Crippen molar-refractivity contribution in [1.29, 1.82) is 0 Å². The van der Waals surface area contributed by atoms with Gasteiger partial charge in [0.15, 0.2) is 0 Å². The van der Waals surface area contributed by atoms with Gasteiger partial charge in [0.25, 0.3) is 0 Å². The molecule has 0 bridgehead atoms. The maximum atomic E-state index is 12.7. The molecule has 3 N–H and O–H groups in total. The van der Waals surface area contributed by atoms with Crippen LogP contribution in [0.5, 0.6) is 0 Å². The van der Waals surface area contributed by atoms with Gasteiger partial charge in [-0.25, -0.2) is 23.1 Å². The fourth-order valence-electron chi connectivity index (χ4n) is 4.72. The second kappa shape index (κ2) is 9.97. The Hall–Kier alpha value is -3.54. The zero-order valence-corrected chi connectivity index (χ0v) is 23.1. The number of sulfonamides is 1. The third-order valence-corrected chi connectivity index (χ3v) is 7.95. The maximum absolute atomic E-state index is 12.7. The van der Waals surface area contributed by atoms with Crippen molar-refractivity contribution in [2.45, 2.75) is 57.1 Å². The molecule has 0 amide bonds. The number of piperazine rings is 1. The lowest BCUT2D eigenvalue weighted by molar-refractivity contribution is 0.405. The van der Waals surface area contributed by atoms with Crippen molar-refractivity contribution in [1.82, 2.24) is 29.6 Å². The van der Waals surface area contributed by atoms with Gasteiger partial charge < -0.3 is 20.1 Å². The number of hydrogen-bond donors (Lipinski definition) is 3. The fraction of sp³-hybridized carbons (Fsp3) is 0.370. The number of fused-ring (bicyclic) bond motifs is 1. The van der Waals surface area contributed by atoms with Crippen LogP contribution in [0.15, 0.2) is 66.0 Å². The van der Waals surface area contributed by atoms with E-state index in [1.807, 2.05) is 49.7 Å². The zero-order valence-electron chi connectivity index (χ0n) is 22.3. The SMILES string of the molecule is C[C@@H]1CN(c2ccc(Nc3ncc4ccn(-c5ccc(S(=O)(=O)NC(C)(C)C)cc5)c4n3)cn2)C[C@H](C)N1. The van der Waals surface area contributed by atoms with Crippen LogP contribution in [0.2, 0.25) is 0 Å². The zero-order chi connectivity index (χ0) is 27.1. The Morgan fingerprint density at radius 2 is 1.66 bits per heavy atom. The third-order valence-electron chi connectivity index (χ3n) is 6.18. The van der Waals surface area contributed by atoms with E-state index in [1.54, 1.807) is 36.7 Å². The molecular formula is C27H34N8O2S. The molecular weight excluding hydrogens is 500 g/mol. The van der Waals surface area contributed by atoms with E-state index in [0.29, 0.717) is 23.7 Å². The number of hydrogen-bond acceptors (Lipinski definition) is 8. The first-order chi connectivity index (χ1) is 18.0. The molecule has 3 aromatic heterocycles. The standard InChI is InChI=1S/C27H34N8O2S/c1-18-16-34(17-19(2)30-18)24-11-6-21(15-28-24)31-26-29-14-20-12-13-35(25(20)32-26)22-7-9-23(10-8-22)38(36,37)33-27(3,4)5/h6-15,18-19,30,33H,16-17H2,1-5H3,(H,29,31,32)/t18-,19+. The number of pyridine rings is 1. The van der Waals surface area contributed by atoms with E-state index in [-0.39, 0.29) is 4.90 Å². The summed E-state index contributed by atoms with van der Waals surface area (Å²) in [6.07, 6.45) is 5.45. The number of rotatable bonds is 6. The van der Waals surface area contributed by atoms with Crippen LogP contribution in [-0.2, 0) is 10.0 Å². The van der Waals surface area contributed by atoms with Gasteiger partial charge in [0.1, 0.15) is 11.5 Å². The minimum absolute atomic E-state index is 0.213. The summed E-state index contributed by atoms with van der Waals surface area (Å²) in [6, 6.07) is 13.5. The average molecular weight is 535 g/mol. The van der Waals surface area contributed by atoms with Crippen molar-refractivity contribution in [3.05, 3.63) is 61.1 Å². The first-order valence-electron chi connectivity index (χ1n) is 12.7. The van der Waals surface area contributed by atoms with E-state index in [4.69, 9.17) is 4.98 Å². The highest BCUT2D eigenvalue weighted by Crippen LogP contribution is 2.23. The van der Waals surface area contributed by atoms with Gasteiger partial charge in [-0.05, 0) is 77.1 Å². The number of nitrogens with zero attached hydrogens (tertiary/aromatic N) is 5. The van der Waals surface area contributed by atoms with Crippen LogP contribution in [0, 0.1) is 0 Å². The summed E-state index contributed by atoms with van der Waals surface area (Å²) in [4.78, 5) is 16.3. The molecule has 4 aromatic rings. The molecule has 1 aliphatic rings. The van der Waals surface area contributed by atoms with Crippen molar-refractivity contribution in [2.75, 3.05) is 23.3 Å². The molecule has 0 unspecified atom stereocenters. The van der Waals surface area contributed by atoms with Gasteiger partial charge in [-0.3, -0.25) is 0 Å².